The maximum atomic E-state index is 14.1. The number of carbonyl (C=O) groups is 3. The molecule has 42 heavy (non-hydrogen) atoms. The van der Waals surface area contributed by atoms with E-state index in [2.05, 4.69) is 35.6 Å². The molecule has 226 valence electrons. The number of ether oxygens (including phenoxy) is 1. The summed E-state index contributed by atoms with van der Waals surface area (Å²) in [5.41, 5.74) is 5.06. The molecule has 2 saturated heterocycles. The summed E-state index contributed by atoms with van der Waals surface area (Å²) in [7, 11) is 1.84. The molecule has 0 aromatic heterocycles. The molecule has 2 unspecified atom stereocenters. The van der Waals surface area contributed by atoms with Crippen molar-refractivity contribution in [1.82, 2.24) is 9.80 Å². The quantitative estimate of drug-likeness (QED) is 0.129. The van der Waals surface area contributed by atoms with Gasteiger partial charge in [0.05, 0.1) is 0 Å². The van der Waals surface area contributed by atoms with Crippen molar-refractivity contribution in [3.63, 3.8) is 0 Å². The lowest BCUT2D eigenvalue weighted by atomic mass is 9.83. The molecule has 2 heterocycles. The summed E-state index contributed by atoms with van der Waals surface area (Å²) >= 11 is 0. The van der Waals surface area contributed by atoms with Crippen molar-refractivity contribution in [1.29, 1.82) is 0 Å². The molecule has 0 aliphatic carbocycles. The zero-order valence-electron chi connectivity index (χ0n) is 25.5. The van der Waals surface area contributed by atoms with Crippen LogP contribution in [0.5, 0.6) is 0 Å². The molecule has 2 fully saturated rings. The van der Waals surface area contributed by atoms with E-state index in [0.717, 1.165) is 73.4 Å². The Morgan fingerprint density at radius 1 is 1.19 bits per heavy atom. The first-order valence-corrected chi connectivity index (χ1v) is 14.8. The SMILES string of the molecule is CCC(C)c1cc(F)ccc1C(=NC)C1CCN(CC/C(C)=C(\C)N=C2C(OC(=O)C#CC=O)CCCN2C=O)CC1. The van der Waals surface area contributed by atoms with Crippen LogP contribution >= 0.6 is 0 Å². The third-order valence-electron chi connectivity index (χ3n) is 8.41. The van der Waals surface area contributed by atoms with Crippen LogP contribution < -0.4 is 0 Å². The average molecular weight is 579 g/mol. The van der Waals surface area contributed by atoms with Crippen LogP contribution in [0.15, 0.2) is 39.5 Å². The summed E-state index contributed by atoms with van der Waals surface area (Å²) in [6.45, 7) is 11.5. The van der Waals surface area contributed by atoms with E-state index in [9.17, 15) is 18.8 Å². The number of halogens is 1. The Labute approximate surface area is 249 Å². The molecule has 0 bridgehead atoms. The van der Waals surface area contributed by atoms with Crippen LogP contribution in [0.3, 0.4) is 0 Å². The number of amides is 1. The minimum atomic E-state index is -0.818. The third-order valence-corrected chi connectivity index (χ3v) is 8.41. The predicted octanol–water partition coefficient (Wildman–Crippen LogP) is 4.92. The Balaban J connectivity index is 1.64. The van der Waals surface area contributed by atoms with E-state index in [4.69, 9.17) is 9.73 Å². The van der Waals surface area contributed by atoms with Crippen molar-refractivity contribution in [2.45, 2.75) is 78.2 Å². The summed E-state index contributed by atoms with van der Waals surface area (Å²) in [6, 6.07) is 5.10. The Kier molecular flexibility index (Phi) is 12.6. The van der Waals surface area contributed by atoms with Gasteiger partial charge >= 0.3 is 5.97 Å². The van der Waals surface area contributed by atoms with Gasteiger partial charge in [-0.2, -0.15) is 0 Å². The molecular formula is C33H43FN4O4. The molecule has 0 radical (unpaired) electrons. The van der Waals surface area contributed by atoms with Crippen molar-refractivity contribution >= 4 is 30.2 Å². The standard InChI is InChI=1S/C33H43FN4O4/c1-6-23(2)29-21-27(34)11-12-28(29)32(35-5)26-14-18-37(19-15-26)17-13-24(3)25(4)36-33-30(9-7-16-38(33)22-40)42-31(41)10-8-20-39/h11-12,20-23,26,30H,6-7,9,13-19H2,1-5H3/b25-24+,35-32?,36-33?. The minimum absolute atomic E-state index is 0.203. The lowest BCUT2D eigenvalue weighted by molar-refractivity contribution is -0.140. The van der Waals surface area contributed by atoms with Gasteiger partial charge in [-0.1, -0.05) is 19.4 Å². The largest absolute Gasteiger partial charge is 0.445 e. The average Bonchev–Trinajstić information content (AvgIpc) is 3.00. The Morgan fingerprint density at radius 3 is 2.57 bits per heavy atom. The van der Waals surface area contributed by atoms with Crippen LogP contribution in [0.4, 0.5) is 4.39 Å². The number of hydrogen-bond donors (Lipinski definition) is 0. The van der Waals surface area contributed by atoms with E-state index in [1.54, 1.807) is 6.07 Å². The molecule has 1 amide bonds. The highest BCUT2D eigenvalue weighted by atomic mass is 19.1. The predicted molar refractivity (Wildman–Crippen MR) is 163 cm³/mol. The molecule has 0 N–H and O–H groups in total. The zero-order valence-corrected chi connectivity index (χ0v) is 25.5. The van der Waals surface area contributed by atoms with Crippen molar-refractivity contribution in [2.75, 3.05) is 33.2 Å². The number of piperidine rings is 2. The Bertz CT molecular complexity index is 1280. The highest BCUT2D eigenvalue weighted by Gasteiger charge is 2.30. The summed E-state index contributed by atoms with van der Waals surface area (Å²) in [4.78, 5) is 47.5. The van der Waals surface area contributed by atoms with Crippen LogP contribution in [-0.2, 0) is 19.1 Å². The highest BCUT2D eigenvalue weighted by Crippen LogP contribution is 2.30. The van der Waals surface area contributed by atoms with Gasteiger partial charge in [-0.15, -0.1) is 0 Å². The number of hydrogen-bond acceptors (Lipinski definition) is 7. The fourth-order valence-electron chi connectivity index (χ4n) is 5.60. The number of rotatable bonds is 10. The molecule has 1 aromatic carbocycles. The Morgan fingerprint density at radius 2 is 1.93 bits per heavy atom. The number of amidine groups is 1. The number of carbonyl (C=O) groups excluding carboxylic acids is 3. The van der Waals surface area contributed by atoms with Crippen molar-refractivity contribution in [3.05, 3.63) is 46.4 Å². The van der Waals surface area contributed by atoms with Gasteiger partial charge in [0.15, 0.2) is 18.2 Å². The van der Waals surface area contributed by atoms with Gasteiger partial charge in [-0.05, 0) is 107 Å². The number of nitrogens with zero attached hydrogens (tertiary/aromatic N) is 4. The van der Waals surface area contributed by atoms with Crippen LogP contribution in [0.25, 0.3) is 0 Å². The molecule has 2 atom stereocenters. The smallest absolute Gasteiger partial charge is 0.385 e. The number of likely N-dealkylation sites (tertiary alicyclic amines) is 2. The molecule has 8 nitrogen and oxygen atoms in total. The zero-order chi connectivity index (χ0) is 30.6. The molecule has 1 aromatic rings. The molecule has 2 aliphatic rings. The van der Waals surface area contributed by atoms with Crippen molar-refractivity contribution < 1.29 is 23.5 Å². The number of esters is 1. The lowest BCUT2D eigenvalue weighted by Gasteiger charge is -2.33. The second kappa shape index (κ2) is 16.1. The van der Waals surface area contributed by atoms with Gasteiger partial charge in [0.25, 0.3) is 0 Å². The van der Waals surface area contributed by atoms with Gasteiger partial charge in [0.2, 0.25) is 6.41 Å². The number of aldehydes is 1. The molecule has 9 heteroatoms. The van der Waals surface area contributed by atoms with E-state index < -0.39 is 12.1 Å². The molecule has 0 spiro atoms. The van der Waals surface area contributed by atoms with Gasteiger partial charge in [-0.3, -0.25) is 19.5 Å². The monoisotopic (exact) mass is 578 g/mol. The molecular weight excluding hydrogens is 535 g/mol. The lowest BCUT2D eigenvalue weighted by Crippen LogP contribution is -2.45. The van der Waals surface area contributed by atoms with Gasteiger partial charge < -0.3 is 9.64 Å². The van der Waals surface area contributed by atoms with Gasteiger partial charge in [-0.25, -0.2) is 14.2 Å². The molecule has 0 saturated carbocycles. The first kappa shape index (κ1) is 32.9. The fraction of sp³-hybridized carbons (Fsp3) is 0.545. The van der Waals surface area contributed by atoms with Crippen molar-refractivity contribution in [2.24, 2.45) is 15.9 Å². The summed E-state index contributed by atoms with van der Waals surface area (Å²) < 4.78 is 19.5. The Hall–Kier alpha value is -3.64. The van der Waals surface area contributed by atoms with Gasteiger partial charge in [0, 0.05) is 43.4 Å². The first-order valence-electron chi connectivity index (χ1n) is 14.8. The van der Waals surface area contributed by atoms with E-state index in [0.29, 0.717) is 43.8 Å². The van der Waals surface area contributed by atoms with Gasteiger partial charge in [0.1, 0.15) is 5.82 Å². The molecule has 2 aliphatic heterocycles. The summed E-state index contributed by atoms with van der Waals surface area (Å²) in [6.07, 6.45) is 5.26. The van der Waals surface area contributed by atoms with E-state index >= 15 is 0 Å². The fourth-order valence-corrected chi connectivity index (χ4v) is 5.60. The topological polar surface area (TPSA) is 91.6 Å². The number of aliphatic imine (C=N–C) groups is 2. The molecule has 3 rings (SSSR count). The maximum absolute atomic E-state index is 14.1. The van der Waals surface area contributed by atoms with Crippen LogP contribution in [-0.4, -0.2) is 79.3 Å². The second-order valence-electron chi connectivity index (χ2n) is 11.1. The van der Waals surface area contributed by atoms with E-state index in [1.165, 1.54) is 11.0 Å². The van der Waals surface area contributed by atoms with E-state index in [1.807, 2.05) is 27.0 Å². The van der Waals surface area contributed by atoms with E-state index in [-0.39, 0.29) is 11.7 Å². The maximum Gasteiger partial charge on any atom is 0.385 e. The third kappa shape index (κ3) is 8.68. The first-order chi connectivity index (χ1) is 20.2. The van der Waals surface area contributed by atoms with Crippen LogP contribution in [0.2, 0.25) is 0 Å². The number of allylic oxidation sites excluding steroid dienone is 1. The minimum Gasteiger partial charge on any atom is -0.445 e. The summed E-state index contributed by atoms with van der Waals surface area (Å²) in [5, 5.41) is 0. The summed E-state index contributed by atoms with van der Waals surface area (Å²) in [5.74, 6) is 4.14. The highest BCUT2D eigenvalue weighted by molar-refractivity contribution is 6.03. The van der Waals surface area contributed by atoms with Crippen LogP contribution in [0, 0.1) is 23.6 Å². The van der Waals surface area contributed by atoms with Crippen molar-refractivity contribution in [3.8, 4) is 11.8 Å². The number of benzene rings is 1. The normalized spacial score (nSPS) is 20.8. The van der Waals surface area contributed by atoms with Crippen LogP contribution in [0.1, 0.15) is 83.3 Å². The second-order valence-corrected chi connectivity index (χ2v) is 11.1.